The van der Waals surface area contributed by atoms with Gasteiger partial charge in [-0.05, 0) is 12.8 Å². The highest BCUT2D eigenvalue weighted by molar-refractivity contribution is 14.0. The maximum absolute atomic E-state index is 11.7. The van der Waals surface area contributed by atoms with E-state index in [9.17, 15) is 4.79 Å². The molecule has 1 atom stereocenters. The summed E-state index contributed by atoms with van der Waals surface area (Å²) in [5, 5.41) is 9.29. The fourth-order valence-electron chi connectivity index (χ4n) is 2.97. The van der Waals surface area contributed by atoms with Gasteiger partial charge in [-0.25, -0.2) is 0 Å². The van der Waals surface area contributed by atoms with Crippen molar-refractivity contribution in [3.8, 4) is 11.5 Å². The average molecular weight is 505 g/mol. The molecule has 158 valence electrons. The smallest absolute Gasteiger partial charge is 0.239 e. The Morgan fingerprint density at radius 2 is 1.89 bits per heavy atom. The van der Waals surface area contributed by atoms with E-state index in [0.717, 1.165) is 43.1 Å². The Labute approximate surface area is 184 Å². The lowest BCUT2D eigenvalue weighted by Crippen LogP contribution is -2.47. The molecule has 0 aliphatic carbocycles. The molecule has 1 heterocycles. The zero-order chi connectivity index (χ0) is 19.6. The molecule has 28 heavy (non-hydrogen) atoms. The molecule has 1 aliphatic heterocycles. The van der Waals surface area contributed by atoms with Crippen LogP contribution in [0.1, 0.15) is 19.8 Å². The number of halogens is 1. The molecule has 0 radical (unpaired) electrons. The van der Waals surface area contributed by atoms with E-state index in [1.165, 1.54) is 0 Å². The third kappa shape index (κ3) is 7.25. The highest BCUT2D eigenvalue weighted by Gasteiger charge is 2.24. The van der Waals surface area contributed by atoms with Crippen molar-refractivity contribution in [2.75, 3.05) is 52.3 Å². The second-order valence-corrected chi connectivity index (χ2v) is 6.42. The molecule has 0 saturated carbocycles. The summed E-state index contributed by atoms with van der Waals surface area (Å²) in [5.41, 5.74) is 1.07. The van der Waals surface area contributed by atoms with Crippen LogP contribution in [0.3, 0.4) is 0 Å². The van der Waals surface area contributed by atoms with Crippen LogP contribution < -0.4 is 30.3 Å². The minimum atomic E-state index is -0.0312. The number of ether oxygens (including phenoxy) is 2. The van der Waals surface area contributed by atoms with Gasteiger partial charge in [-0.3, -0.25) is 9.79 Å². The summed E-state index contributed by atoms with van der Waals surface area (Å²) in [7, 11) is 5.01. The van der Waals surface area contributed by atoms with E-state index in [2.05, 4.69) is 25.8 Å². The van der Waals surface area contributed by atoms with Crippen molar-refractivity contribution in [2.24, 2.45) is 4.99 Å². The van der Waals surface area contributed by atoms with Crippen LogP contribution in [0.4, 0.5) is 5.69 Å². The topological polar surface area (TPSA) is 87.2 Å². The number of aliphatic imine (C=N–C) groups is 1. The molecule has 1 aliphatic rings. The fourth-order valence-corrected chi connectivity index (χ4v) is 2.97. The number of methoxy groups -OCH3 is 2. The molecule has 1 saturated heterocycles. The van der Waals surface area contributed by atoms with E-state index in [1.54, 1.807) is 21.3 Å². The van der Waals surface area contributed by atoms with Crippen molar-refractivity contribution in [1.29, 1.82) is 0 Å². The minimum Gasteiger partial charge on any atom is -0.497 e. The standard InChI is InChI=1S/C19H31N5O3.HI/c1-5-7-21-18(25)12-22-19(20-2)23-14-6-8-24(13-14)15-9-16(26-3)11-17(10-15)27-4;/h9-11,14H,5-8,12-13H2,1-4H3,(H,21,25)(H2,20,22,23);1H. The van der Waals surface area contributed by atoms with Gasteiger partial charge in [-0.1, -0.05) is 6.92 Å². The number of carbonyl (C=O) groups is 1. The number of benzene rings is 1. The van der Waals surface area contributed by atoms with Crippen LogP contribution in [0.5, 0.6) is 11.5 Å². The number of amides is 1. The first-order valence-corrected chi connectivity index (χ1v) is 9.31. The van der Waals surface area contributed by atoms with Crippen molar-refractivity contribution in [1.82, 2.24) is 16.0 Å². The SMILES string of the molecule is CCCNC(=O)CNC(=NC)NC1CCN(c2cc(OC)cc(OC)c2)C1.I. The molecule has 1 amide bonds. The largest absolute Gasteiger partial charge is 0.497 e. The van der Waals surface area contributed by atoms with Gasteiger partial charge in [0.15, 0.2) is 5.96 Å². The number of nitrogens with one attached hydrogen (secondary N) is 3. The molecule has 0 aromatic heterocycles. The Bertz CT molecular complexity index is 634. The van der Waals surface area contributed by atoms with E-state index in [1.807, 2.05) is 25.1 Å². The molecular weight excluding hydrogens is 473 g/mol. The summed E-state index contributed by atoms with van der Waals surface area (Å²) in [5.74, 6) is 2.15. The Hall–Kier alpha value is -1.91. The summed E-state index contributed by atoms with van der Waals surface area (Å²) >= 11 is 0. The van der Waals surface area contributed by atoms with E-state index in [-0.39, 0.29) is 42.5 Å². The predicted octanol–water partition coefficient (Wildman–Crippen LogP) is 1.59. The molecule has 8 nitrogen and oxygen atoms in total. The summed E-state index contributed by atoms with van der Waals surface area (Å²) in [6, 6.07) is 6.13. The Morgan fingerprint density at radius 1 is 1.21 bits per heavy atom. The first-order valence-electron chi connectivity index (χ1n) is 9.31. The Morgan fingerprint density at radius 3 is 2.46 bits per heavy atom. The number of rotatable bonds is 8. The Balaban J connectivity index is 0.00000392. The van der Waals surface area contributed by atoms with Crippen LogP contribution in [0.2, 0.25) is 0 Å². The monoisotopic (exact) mass is 505 g/mol. The van der Waals surface area contributed by atoms with Crippen molar-refractivity contribution in [3.63, 3.8) is 0 Å². The van der Waals surface area contributed by atoms with Gasteiger partial charge >= 0.3 is 0 Å². The third-order valence-corrected chi connectivity index (χ3v) is 4.44. The normalized spacial score (nSPS) is 16.2. The first kappa shape index (κ1) is 24.1. The van der Waals surface area contributed by atoms with Gasteiger partial charge in [0.05, 0.1) is 20.8 Å². The maximum Gasteiger partial charge on any atom is 0.239 e. The van der Waals surface area contributed by atoms with Gasteiger partial charge < -0.3 is 30.3 Å². The highest BCUT2D eigenvalue weighted by atomic mass is 127. The van der Waals surface area contributed by atoms with Crippen molar-refractivity contribution in [2.45, 2.75) is 25.8 Å². The maximum atomic E-state index is 11.7. The quantitative estimate of drug-likeness (QED) is 0.283. The molecule has 3 N–H and O–H groups in total. The molecule has 2 rings (SSSR count). The van der Waals surface area contributed by atoms with Gasteiger partial charge in [-0.2, -0.15) is 0 Å². The number of guanidine groups is 1. The lowest BCUT2D eigenvalue weighted by molar-refractivity contribution is -0.120. The first-order chi connectivity index (χ1) is 13.1. The summed E-state index contributed by atoms with van der Waals surface area (Å²) < 4.78 is 10.7. The van der Waals surface area contributed by atoms with Crippen LogP contribution in [0.15, 0.2) is 23.2 Å². The van der Waals surface area contributed by atoms with Crippen LogP contribution in [-0.4, -0.2) is 65.4 Å². The van der Waals surface area contributed by atoms with Crippen LogP contribution in [0.25, 0.3) is 0 Å². The minimum absolute atomic E-state index is 0. The lowest BCUT2D eigenvalue weighted by atomic mass is 10.2. The van der Waals surface area contributed by atoms with E-state index < -0.39 is 0 Å². The molecule has 1 aromatic rings. The summed E-state index contributed by atoms with van der Waals surface area (Å²) in [6.07, 6.45) is 1.90. The number of carbonyl (C=O) groups excluding carboxylic acids is 1. The highest BCUT2D eigenvalue weighted by Crippen LogP contribution is 2.30. The number of hydrogen-bond acceptors (Lipinski definition) is 5. The molecular formula is C19H32IN5O3. The van der Waals surface area contributed by atoms with Crippen LogP contribution in [0, 0.1) is 0 Å². The van der Waals surface area contributed by atoms with Gasteiger partial charge in [0.25, 0.3) is 0 Å². The van der Waals surface area contributed by atoms with E-state index in [4.69, 9.17) is 9.47 Å². The molecule has 1 fully saturated rings. The summed E-state index contributed by atoms with van der Waals surface area (Å²) in [4.78, 5) is 18.2. The second kappa shape index (κ2) is 12.5. The third-order valence-electron chi connectivity index (χ3n) is 4.44. The van der Waals surface area contributed by atoms with Gasteiger partial charge in [0.1, 0.15) is 11.5 Å². The second-order valence-electron chi connectivity index (χ2n) is 6.42. The average Bonchev–Trinajstić information content (AvgIpc) is 3.17. The number of nitrogens with zero attached hydrogens (tertiary/aromatic N) is 2. The molecule has 9 heteroatoms. The molecule has 0 bridgehead atoms. The fraction of sp³-hybridized carbons (Fsp3) is 0.579. The predicted molar refractivity (Wildman–Crippen MR) is 123 cm³/mol. The van der Waals surface area contributed by atoms with Crippen molar-refractivity contribution in [3.05, 3.63) is 18.2 Å². The van der Waals surface area contributed by atoms with Crippen molar-refractivity contribution >= 4 is 41.5 Å². The van der Waals surface area contributed by atoms with Gasteiger partial charge in [0, 0.05) is 56.6 Å². The zero-order valence-corrected chi connectivity index (χ0v) is 19.4. The van der Waals surface area contributed by atoms with Crippen molar-refractivity contribution < 1.29 is 14.3 Å². The zero-order valence-electron chi connectivity index (χ0n) is 17.1. The van der Waals surface area contributed by atoms with E-state index in [0.29, 0.717) is 12.5 Å². The molecule has 1 aromatic carbocycles. The molecule has 0 spiro atoms. The van der Waals surface area contributed by atoms with E-state index >= 15 is 0 Å². The number of hydrogen-bond donors (Lipinski definition) is 3. The van der Waals surface area contributed by atoms with Gasteiger partial charge in [-0.15, -0.1) is 24.0 Å². The van der Waals surface area contributed by atoms with Gasteiger partial charge in [0.2, 0.25) is 5.91 Å². The van der Waals surface area contributed by atoms with Crippen LogP contribution in [-0.2, 0) is 4.79 Å². The Kier molecular flexibility index (Phi) is 10.8. The number of anilines is 1. The lowest BCUT2D eigenvalue weighted by Gasteiger charge is -2.21. The summed E-state index contributed by atoms with van der Waals surface area (Å²) in [6.45, 7) is 4.68. The molecule has 1 unspecified atom stereocenters. The van der Waals surface area contributed by atoms with Crippen LogP contribution >= 0.6 is 24.0 Å².